The molecule has 0 aliphatic rings. The quantitative estimate of drug-likeness (QED) is 0.201. The molecule has 0 bridgehead atoms. The summed E-state index contributed by atoms with van der Waals surface area (Å²) in [5.74, 6) is 0. The van der Waals surface area contributed by atoms with Crippen LogP contribution in [0.2, 0.25) is 0 Å². The lowest BCUT2D eigenvalue weighted by Gasteiger charge is -2.38. The fourth-order valence-corrected chi connectivity index (χ4v) is 1.99. The van der Waals surface area contributed by atoms with Gasteiger partial charge in [0, 0.05) is 11.6 Å². The van der Waals surface area contributed by atoms with Gasteiger partial charge in [-0.1, -0.05) is 0 Å². The molecule has 0 amide bonds. The topological polar surface area (TPSA) is 173 Å². The zero-order chi connectivity index (χ0) is 15.1. The van der Waals surface area contributed by atoms with E-state index in [0.717, 1.165) is 0 Å². The maximum absolute atomic E-state index is 9.48. The van der Waals surface area contributed by atoms with Crippen LogP contribution >= 0.6 is 0 Å². The van der Waals surface area contributed by atoms with E-state index in [4.69, 9.17) is 26.8 Å². The summed E-state index contributed by atoms with van der Waals surface area (Å²) >= 11 is 0. The molecular formula is C11H26N2O6. The van der Waals surface area contributed by atoms with Gasteiger partial charge in [0.15, 0.2) is 0 Å². The minimum atomic E-state index is -1.28. The van der Waals surface area contributed by atoms with E-state index in [1.54, 1.807) is 0 Å². The molecule has 10 N–H and O–H groups in total. The molecule has 0 radical (unpaired) electrons. The highest BCUT2D eigenvalue weighted by Crippen LogP contribution is 2.23. The van der Waals surface area contributed by atoms with Gasteiger partial charge in [0.1, 0.15) is 0 Å². The van der Waals surface area contributed by atoms with Crippen LogP contribution in [0.25, 0.3) is 0 Å². The van der Waals surface area contributed by atoms with E-state index in [0.29, 0.717) is 0 Å². The average molecular weight is 282 g/mol. The second kappa shape index (κ2) is 8.77. The number of nitrogens with two attached hydrogens (primary N) is 2. The van der Waals surface area contributed by atoms with E-state index in [2.05, 4.69) is 0 Å². The second-order valence-electron chi connectivity index (χ2n) is 4.99. The van der Waals surface area contributed by atoms with Crippen molar-refractivity contribution in [3.8, 4) is 0 Å². The van der Waals surface area contributed by atoms with Crippen molar-refractivity contribution in [3.05, 3.63) is 0 Å². The highest BCUT2D eigenvalue weighted by Gasteiger charge is 2.37. The fraction of sp³-hybridized carbons (Fsp3) is 1.00. The Kier molecular flexibility index (Phi) is 8.62. The first kappa shape index (κ1) is 18.7. The van der Waals surface area contributed by atoms with Gasteiger partial charge in [-0.3, -0.25) is 0 Å². The van der Waals surface area contributed by atoms with Gasteiger partial charge >= 0.3 is 0 Å². The van der Waals surface area contributed by atoms with Crippen molar-refractivity contribution < 1.29 is 30.6 Å². The Labute approximate surface area is 112 Å². The summed E-state index contributed by atoms with van der Waals surface area (Å²) < 4.78 is 0. The SMILES string of the molecule is NC(CC(O)CO)C(N)(CC(O)CO)CC(O)CO. The Hall–Kier alpha value is -0.320. The molecule has 0 aliphatic heterocycles. The van der Waals surface area contributed by atoms with Gasteiger partial charge < -0.3 is 42.1 Å². The predicted molar refractivity (Wildman–Crippen MR) is 68.0 cm³/mol. The highest BCUT2D eigenvalue weighted by molar-refractivity contribution is 4.98. The summed E-state index contributed by atoms with van der Waals surface area (Å²) in [6.07, 6.45) is -3.51. The first-order chi connectivity index (χ1) is 8.78. The molecule has 0 spiro atoms. The molecule has 0 rings (SSSR count). The Morgan fingerprint density at radius 1 is 0.789 bits per heavy atom. The maximum atomic E-state index is 9.48. The van der Waals surface area contributed by atoms with Crippen LogP contribution in [0.5, 0.6) is 0 Å². The minimum Gasteiger partial charge on any atom is -0.394 e. The number of hydrogen-bond acceptors (Lipinski definition) is 8. The fourth-order valence-electron chi connectivity index (χ4n) is 1.99. The third-order valence-corrected chi connectivity index (χ3v) is 3.13. The van der Waals surface area contributed by atoms with Crippen LogP contribution < -0.4 is 11.5 Å². The highest BCUT2D eigenvalue weighted by atomic mass is 16.3. The molecule has 4 atom stereocenters. The van der Waals surface area contributed by atoms with E-state index >= 15 is 0 Å². The van der Waals surface area contributed by atoms with Crippen LogP contribution in [0.4, 0.5) is 0 Å². The van der Waals surface area contributed by atoms with Gasteiger partial charge in [0.05, 0.1) is 38.1 Å². The second-order valence-corrected chi connectivity index (χ2v) is 4.99. The van der Waals surface area contributed by atoms with Crippen molar-refractivity contribution in [3.63, 3.8) is 0 Å². The molecular weight excluding hydrogens is 256 g/mol. The summed E-state index contributed by atoms with van der Waals surface area (Å²) in [7, 11) is 0. The van der Waals surface area contributed by atoms with Crippen molar-refractivity contribution in [2.45, 2.75) is 49.2 Å². The van der Waals surface area contributed by atoms with Gasteiger partial charge in [-0.25, -0.2) is 0 Å². The van der Waals surface area contributed by atoms with Crippen LogP contribution in [0.15, 0.2) is 0 Å². The molecule has 0 saturated heterocycles. The Morgan fingerprint density at radius 3 is 1.47 bits per heavy atom. The van der Waals surface area contributed by atoms with Gasteiger partial charge in [-0.15, -0.1) is 0 Å². The normalized spacial score (nSPS) is 21.5. The first-order valence-corrected chi connectivity index (χ1v) is 6.20. The van der Waals surface area contributed by atoms with E-state index < -0.39 is 49.7 Å². The van der Waals surface area contributed by atoms with E-state index in [1.807, 2.05) is 0 Å². The zero-order valence-corrected chi connectivity index (χ0v) is 10.9. The summed E-state index contributed by atoms with van der Waals surface area (Å²) in [5, 5.41) is 54.8. The zero-order valence-electron chi connectivity index (χ0n) is 10.9. The Balaban J connectivity index is 4.80. The lowest BCUT2D eigenvalue weighted by molar-refractivity contribution is 0.0164. The third-order valence-electron chi connectivity index (χ3n) is 3.13. The summed E-state index contributed by atoms with van der Waals surface area (Å²) in [6, 6.07) is -0.822. The molecule has 0 aliphatic carbocycles. The van der Waals surface area contributed by atoms with Crippen LogP contribution in [-0.2, 0) is 0 Å². The van der Waals surface area contributed by atoms with Gasteiger partial charge in [0.2, 0.25) is 0 Å². The smallest absolute Gasteiger partial charge is 0.0789 e. The Morgan fingerprint density at radius 2 is 1.16 bits per heavy atom. The van der Waals surface area contributed by atoms with Crippen LogP contribution in [0.1, 0.15) is 19.3 Å². The van der Waals surface area contributed by atoms with Crippen molar-refractivity contribution in [2.24, 2.45) is 11.5 Å². The van der Waals surface area contributed by atoms with Gasteiger partial charge in [0.25, 0.3) is 0 Å². The summed E-state index contributed by atoms with van der Waals surface area (Å²) in [5.41, 5.74) is 10.6. The summed E-state index contributed by atoms with van der Waals surface area (Å²) in [4.78, 5) is 0. The summed E-state index contributed by atoms with van der Waals surface area (Å²) in [6.45, 7) is -1.50. The first-order valence-electron chi connectivity index (χ1n) is 6.20. The van der Waals surface area contributed by atoms with Gasteiger partial charge in [-0.2, -0.15) is 0 Å². The molecule has 4 unspecified atom stereocenters. The minimum absolute atomic E-state index is 0.0245. The molecule has 0 aromatic heterocycles. The number of aliphatic hydroxyl groups is 6. The van der Waals surface area contributed by atoms with E-state index in [9.17, 15) is 15.3 Å². The van der Waals surface area contributed by atoms with Crippen LogP contribution in [0.3, 0.4) is 0 Å². The van der Waals surface area contributed by atoms with Crippen molar-refractivity contribution in [1.82, 2.24) is 0 Å². The lowest BCUT2D eigenvalue weighted by Crippen LogP contribution is -2.60. The maximum Gasteiger partial charge on any atom is 0.0789 e. The van der Waals surface area contributed by atoms with E-state index in [1.165, 1.54) is 0 Å². The molecule has 8 nitrogen and oxygen atoms in total. The van der Waals surface area contributed by atoms with Gasteiger partial charge in [-0.05, 0) is 19.3 Å². The molecule has 19 heavy (non-hydrogen) atoms. The standard InChI is InChI=1S/C11H26N2O6/c12-10(1-7(17)4-14)11(13,2-8(18)5-15)3-9(19)6-16/h7-10,14-19H,1-6,12-13H2. The molecule has 0 aromatic carbocycles. The monoisotopic (exact) mass is 282 g/mol. The van der Waals surface area contributed by atoms with Crippen LogP contribution in [0, 0.1) is 0 Å². The molecule has 0 heterocycles. The number of rotatable bonds is 10. The average Bonchev–Trinajstić information content (AvgIpc) is 2.37. The molecule has 116 valence electrons. The molecule has 0 fully saturated rings. The largest absolute Gasteiger partial charge is 0.394 e. The lowest BCUT2D eigenvalue weighted by atomic mass is 9.79. The third kappa shape index (κ3) is 6.59. The molecule has 0 aromatic rings. The van der Waals surface area contributed by atoms with E-state index in [-0.39, 0.29) is 19.3 Å². The number of hydrogen-bond donors (Lipinski definition) is 8. The van der Waals surface area contributed by atoms with Crippen LogP contribution in [-0.4, -0.2) is 80.4 Å². The Bertz CT molecular complexity index is 231. The molecule has 0 saturated carbocycles. The van der Waals surface area contributed by atoms with Crippen molar-refractivity contribution in [2.75, 3.05) is 19.8 Å². The van der Waals surface area contributed by atoms with Crippen molar-refractivity contribution >= 4 is 0 Å². The molecule has 8 heteroatoms. The predicted octanol–water partition coefficient (Wildman–Crippen LogP) is -3.76. The number of aliphatic hydroxyl groups excluding tert-OH is 6. The van der Waals surface area contributed by atoms with Crippen molar-refractivity contribution in [1.29, 1.82) is 0 Å².